The number of halogens is 3. The van der Waals surface area contributed by atoms with Crippen LogP contribution >= 0.6 is 11.6 Å². The van der Waals surface area contributed by atoms with Gasteiger partial charge in [0, 0.05) is 34.9 Å². The Morgan fingerprint density at radius 1 is 1.09 bits per heavy atom. The van der Waals surface area contributed by atoms with Gasteiger partial charge in [0.25, 0.3) is 0 Å². The summed E-state index contributed by atoms with van der Waals surface area (Å²) in [5.74, 6) is -1.94. The maximum absolute atomic E-state index is 15.7. The van der Waals surface area contributed by atoms with Crippen LogP contribution in [0.3, 0.4) is 0 Å². The molecule has 0 bridgehead atoms. The van der Waals surface area contributed by atoms with Gasteiger partial charge in [-0.1, -0.05) is 29.8 Å². The number of hydrogen-bond acceptors (Lipinski definition) is 7. The molecule has 2 aromatic carbocycles. The van der Waals surface area contributed by atoms with Gasteiger partial charge in [0.05, 0.1) is 41.6 Å². The minimum atomic E-state index is -4.10. The van der Waals surface area contributed by atoms with E-state index in [1.807, 2.05) is 13.8 Å². The Bertz CT molecular complexity index is 1800. The molecule has 0 unspecified atom stereocenters. The Labute approximate surface area is 260 Å². The molecular weight excluding hydrogens is 610 g/mol. The van der Waals surface area contributed by atoms with Crippen molar-refractivity contribution in [1.29, 1.82) is 0 Å². The van der Waals surface area contributed by atoms with E-state index in [1.54, 1.807) is 35.1 Å². The van der Waals surface area contributed by atoms with E-state index >= 15 is 8.78 Å². The van der Waals surface area contributed by atoms with E-state index in [0.717, 1.165) is 62.1 Å². The number of benzene rings is 2. The molecule has 2 aliphatic rings. The number of ether oxygens (including phenoxy) is 1. The molecule has 0 atom stereocenters. The van der Waals surface area contributed by atoms with Crippen molar-refractivity contribution in [2.24, 2.45) is 0 Å². The smallest absolute Gasteiger partial charge is 0.237 e. The zero-order chi connectivity index (χ0) is 31.2. The highest BCUT2D eigenvalue weighted by molar-refractivity contribution is 7.91. The second kappa shape index (κ2) is 12.2. The van der Waals surface area contributed by atoms with Gasteiger partial charge in [-0.15, -0.1) is 0 Å². The lowest BCUT2D eigenvalue weighted by molar-refractivity contribution is -0.0121. The van der Waals surface area contributed by atoms with E-state index in [4.69, 9.17) is 27.2 Å². The molecule has 1 aliphatic carbocycles. The van der Waals surface area contributed by atoms with Crippen molar-refractivity contribution in [3.63, 3.8) is 0 Å². The van der Waals surface area contributed by atoms with E-state index in [1.165, 1.54) is 0 Å². The number of sulfonamides is 1. The van der Waals surface area contributed by atoms with Gasteiger partial charge in [-0.2, -0.15) is 5.10 Å². The lowest BCUT2D eigenvalue weighted by Gasteiger charge is -2.35. The van der Waals surface area contributed by atoms with Crippen molar-refractivity contribution < 1.29 is 21.9 Å². The van der Waals surface area contributed by atoms with Crippen LogP contribution in [0.15, 0.2) is 42.6 Å². The first-order chi connectivity index (χ1) is 21.0. The Morgan fingerprint density at radius 2 is 1.82 bits per heavy atom. The largest absolute Gasteiger partial charge is 0.383 e. The summed E-state index contributed by atoms with van der Waals surface area (Å²) in [6, 6.07) is 8.95. The molecule has 1 aliphatic heterocycles. The molecule has 1 saturated carbocycles. The van der Waals surface area contributed by atoms with Gasteiger partial charge in [-0.25, -0.2) is 22.2 Å². The highest BCUT2D eigenvalue weighted by atomic mass is 35.5. The van der Waals surface area contributed by atoms with Crippen LogP contribution < -0.4 is 15.8 Å². The fourth-order valence-electron chi connectivity index (χ4n) is 6.15. The first-order valence-electron chi connectivity index (χ1n) is 14.7. The molecule has 2 aromatic heterocycles. The third-order valence-electron chi connectivity index (χ3n) is 8.43. The average Bonchev–Trinajstić information content (AvgIpc) is 3.36. The van der Waals surface area contributed by atoms with Crippen LogP contribution in [0.5, 0.6) is 0 Å². The number of aromatic nitrogens is 3. The van der Waals surface area contributed by atoms with Gasteiger partial charge in [-0.05, 0) is 68.7 Å². The van der Waals surface area contributed by atoms with E-state index in [9.17, 15) is 8.42 Å². The lowest BCUT2D eigenvalue weighted by atomic mass is 9.81. The van der Waals surface area contributed by atoms with E-state index in [2.05, 4.69) is 15.0 Å². The van der Waals surface area contributed by atoms with Crippen LogP contribution in [0.1, 0.15) is 62.6 Å². The van der Waals surface area contributed by atoms with Crippen molar-refractivity contribution in [3.05, 3.63) is 70.4 Å². The number of fused-ring (bicyclic) bond motifs is 1. The summed E-state index contributed by atoms with van der Waals surface area (Å²) in [5, 5.41) is 9.11. The van der Waals surface area contributed by atoms with Crippen molar-refractivity contribution in [3.8, 4) is 11.3 Å². The van der Waals surface area contributed by atoms with Crippen LogP contribution in [0.25, 0.3) is 22.2 Å². The van der Waals surface area contributed by atoms with E-state index < -0.39 is 33.1 Å². The number of rotatable bonds is 9. The predicted molar refractivity (Wildman–Crippen MR) is 168 cm³/mol. The Kier molecular flexibility index (Phi) is 8.53. The van der Waals surface area contributed by atoms with Crippen molar-refractivity contribution in [1.82, 2.24) is 20.1 Å². The minimum absolute atomic E-state index is 0.104. The third-order valence-corrected chi connectivity index (χ3v) is 10.0. The van der Waals surface area contributed by atoms with Gasteiger partial charge >= 0.3 is 0 Å². The summed E-state index contributed by atoms with van der Waals surface area (Å²) >= 11 is 6.10. The molecule has 44 heavy (non-hydrogen) atoms. The van der Waals surface area contributed by atoms with Gasteiger partial charge in [0.1, 0.15) is 23.1 Å². The van der Waals surface area contributed by atoms with Gasteiger partial charge < -0.3 is 15.8 Å². The number of pyridine rings is 1. The topological polar surface area (TPSA) is 124 Å². The maximum Gasteiger partial charge on any atom is 0.237 e. The molecule has 0 amide bonds. The fourth-order valence-corrected chi connectivity index (χ4v) is 7.65. The van der Waals surface area contributed by atoms with Gasteiger partial charge in [0.15, 0.2) is 0 Å². The molecule has 9 nitrogen and oxygen atoms in total. The minimum Gasteiger partial charge on any atom is -0.383 e. The molecule has 3 heterocycles. The SMILES string of the molecule is CC(C)n1nc(-c2cc(F)c(NS(=O)(=O)Cc3ccccc3Cl)cc2F)c2c(N)ncc(C3CCC(NC4COC4)CC3)c21. The summed E-state index contributed by atoms with van der Waals surface area (Å²) < 4.78 is 66.0. The zero-order valence-corrected chi connectivity index (χ0v) is 26.1. The number of hydrogen-bond donors (Lipinski definition) is 3. The Balaban J connectivity index is 1.33. The molecule has 0 spiro atoms. The molecule has 0 radical (unpaired) electrons. The standard InChI is InChI=1S/C31H35ClF2N6O3S/c1-17(2)40-30-23(18-7-9-20(10-8-18)37-21-14-43-15-21)13-36-31(35)28(30)29(38-40)22-11-26(34)27(12-25(22)33)39-44(41,42)16-19-5-3-4-6-24(19)32/h3-6,11-13,17-18,20-21,37,39H,7-10,14-16H2,1-2H3,(H2,35,36). The van der Waals surface area contributed by atoms with E-state index in [-0.39, 0.29) is 34.1 Å². The monoisotopic (exact) mass is 644 g/mol. The lowest BCUT2D eigenvalue weighted by Crippen LogP contribution is -2.51. The van der Waals surface area contributed by atoms with Crippen LogP contribution in [0.2, 0.25) is 5.02 Å². The molecule has 4 aromatic rings. The second-order valence-corrected chi connectivity index (χ2v) is 14.1. The quantitative estimate of drug-likeness (QED) is 0.200. The number of nitrogens with two attached hydrogens (primary N) is 1. The molecule has 13 heteroatoms. The summed E-state index contributed by atoms with van der Waals surface area (Å²) in [7, 11) is -4.10. The third kappa shape index (κ3) is 6.13. The van der Waals surface area contributed by atoms with Crippen LogP contribution in [0.4, 0.5) is 20.3 Å². The number of nitrogen functional groups attached to an aromatic ring is 1. The number of anilines is 2. The molecule has 6 rings (SSSR count). The number of nitrogens with one attached hydrogen (secondary N) is 2. The fraction of sp³-hybridized carbons (Fsp3) is 0.419. The first-order valence-corrected chi connectivity index (χ1v) is 16.8. The predicted octanol–water partition coefficient (Wildman–Crippen LogP) is 6.15. The van der Waals surface area contributed by atoms with Crippen LogP contribution in [0, 0.1) is 11.6 Å². The summed E-state index contributed by atoms with van der Waals surface area (Å²) in [6.45, 7) is 5.44. The molecule has 234 valence electrons. The van der Waals surface area contributed by atoms with E-state index in [0.29, 0.717) is 23.0 Å². The summed E-state index contributed by atoms with van der Waals surface area (Å²) in [5.41, 5.74) is 7.97. The number of nitrogens with zero attached hydrogens (tertiary/aromatic N) is 3. The van der Waals surface area contributed by atoms with Crippen molar-refractivity contribution in [2.45, 2.75) is 69.3 Å². The molecule has 4 N–H and O–H groups in total. The summed E-state index contributed by atoms with van der Waals surface area (Å²) in [4.78, 5) is 4.47. The van der Waals surface area contributed by atoms with Crippen LogP contribution in [-0.2, 0) is 20.5 Å². The Morgan fingerprint density at radius 3 is 2.48 bits per heavy atom. The highest BCUT2D eigenvalue weighted by Crippen LogP contribution is 2.42. The van der Waals surface area contributed by atoms with Crippen molar-refractivity contribution in [2.75, 3.05) is 23.7 Å². The summed E-state index contributed by atoms with van der Waals surface area (Å²) in [6.07, 6.45) is 5.67. The second-order valence-electron chi connectivity index (χ2n) is 11.9. The molecule has 2 fully saturated rings. The zero-order valence-electron chi connectivity index (χ0n) is 24.5. The normalized spacial score (nSPS) is 19.4. The maximum atomic E-state index is 15.7. The van der Waals surface area contributed by atoms with Crippen molar-refractivity contribution >= 4 is 44.0 Å². The van der Waals surface area contributed by atoms with Gasteiger partial charge in [-0.3, -0.25) is 9.40 Å². The Hall–Kier alpha value is -3.32. The van der Waals surface area contributed by atoms with Crippen LogP contribution in [-0.4, -0.2) is 48.5 Å². The first kappa shape index (κ1) is 30.7. The van der Waals surface area contributed by atoms with Gasteiger partial charge in [0.2, 0.25) is 10.0 Å². The molecular formula is C31H35ClF2N6O3S. The average molecular weight is 645 g/mol. The molecule has 1 saturated heterocycles. The highest BCUT2D eigenvalue weighted by Gasteiger charge is 2.31.